The van der Waals surface area contributed by atoms with Gasteiger partial charge in [0.1, 0.15) is 0 Å². The van der Waals surface area contributed by atoms with Gasteiger partial charge >= 0.3 is 0 Å². The highest BCUT2D eigenvalue weighted by molar-refractivity contribution is 14.1. The van der Waals surface area contributed by atoms with E-state index >= 15 is 0 Å². The summed E-state index contributed by atoms with van der Waals surface area (Å²) in [6.07, 6.45) is 2.62. The molecule has 0 radical (unpaired) electrons. The fourth-order valence-electron chi connectivity index (χ4n) is 1.63. The number of halogens is 1. The fraction of sp³-hybridized carbons (Fsp3) is 0.250. The fourth-order valence-corrected chi connectivity index (χ4v) is 2.30. The van der Waals surface area contributed by atoms with Crippen molar-refractivity contribution in [3.05, 3.63) is 39.6 Å². The molecule has 0 aromatic heterocycles. The Bertz CT molecular complexity index is 397. The maximum atomic E-state index is 11.5. The van der Waals surface area contributed by atoms with Crippen molar-refractivity contribution >= 4 is 34.1 Å². The van der Waals surface area contributed by atoms with Crippen molar-refractivity contribution in [2.24, 2.45) is 0 Å². The molecule has 0 saturated heterocycles. The van der Waals surface area contributed by atoms with Gasteiger partial charge in [0.15, 0.2) is 5.78 Å². The lowest BCUT2D eigenvalue weighted by Gasteiger charge is -2.17. The molecule has 0 unspecified atom stereocenters. The van der Waals surface area contributed by atoms with E-state index in [4.69, 9.17) is 0 Å². The highest BCUT2D eigenvalue weighted by Gasteiger charge is 2.17. The first-order valence-electron chi connectivity index (χ1n) is 5.01. The number of ketones is 1. The largest absolute Gasteiger partial charge is 0.358 e. The molecule has 2 nitrogen and oxygen atoms in total. The van der Waals surface area contributed by atoms with Gasteiger partial charge in [-0.15, -0.1) is 0 Å². The van der Waals surface area contributed by atoms with Crippen molar-refractivity contribution in [3.8, 4) is 0 Å². The second-order valence-corrected chi connectivity index (χ2v) is 4.64. The molecule has 1 aromatic rings. The Hall–Kier alpha value is -0.840. The van der Waals surface area contributed by atoms with Gasteiger partial charge in [0.25, 0.3) is 0 Å². The van der Waals surface area contributed by atoms with Gasteiger partial charge in [0.05, 0.1) is 3.58 Å². The van der Waals surface area contributed by atoms with Crippen molar-refractivity contribution in [1.82, 2.24) is 0 Å². The SMILES string of the molecule is O=C1CCCC(Nc2ccccc2)=C1I. The molecule has 15 heavy (non-hydrogen) atoms. The first-order chi connectivity index (χ1) is 7.27. The van der Waals surface area contributed by atoms with E-state index in [-0.39, 0.29) is 5.78 Å². The Morgan fingerprint density at radius 3 is 2.60 bits per heavy atom. The predicted octanol–water partition coefficient (Wildman–Crippen LogP) is 3.50. The van der Waals surface area contributed by atoms with E-state index in [1.54, 1.807) is 0 Å². The van der Waals surface area contributed by atoms with E-state index in [1.807, 2.05) is 30.3 Å². The minimum atomic E-state index is 0.264. The third-order valence-corrected chi connectivity index (χ3v) is 3.66. The molecule has 0 atom stereocenters. The maximum absolute atomic E-state index is 11.5. The summed E-state index contributed by atoms with van der Waals surface area (Å²) in [5.74, 6) is 0.264. The molecule has 1 N–H and O–H groups in total. The highest BCUT2D eigenvalue weighted by Crippen LogP contribution is 2.27. The number of allylic oxidation sites excluding steroid dienone is 2. The zero-order chi connectivity index (χ0) is 10.7. The van der Waals surface area contributed by atoms with Crippen LogP contribution in [-0.2, 0) is 4.79 Å². The highest BCUT2D eigenvalue weighted by atomic mass is 127. The summed E-state index contributed by atoms with van der Waals surface area (Å²) < 4.78 is 0.864. The molecule has 1 aliphatic rings. The van der Waals surface area contributed by atoms with E-state index in [0.717, 1.165) is 27.8 Å². The van der Waals surface area contributed by atoms with Crippen LogP contribution in [0.25, 0.3) is 0 Å². The van der Waals surface area contributed by atoms with E-state index in [9.17, 15) is 4.79 Å². The normalized spacial score (nSPS) is 16.7. The second-order valence-electron chi connectivity index (χ2n) is 3.56. The molecular weight excluding hydrogens is 301 g/mol. The van der Waals surface area contributed by atoms with Crippen LogP contribution in [0.15, 0.2) is 39.6 Å². The number of carbonyl (C=O) groups is 1. The molecule has 0 amide bonds. The number of para-hydroxylation sites is 1. The first-order valence-corrected chi connectivity index (χ1v) is 6.09. The van der Waals surface area contributed by atoms with E-state index < -0.39 is 0 Å². The van der Waals surface area contributed by atoms with Crippen LogP contribution in [0.4, 0.5) is 5.69 Å². The molecule has 1 aromatic carbocycles. The van der Waals surface area contributed by atoms with Crippen LogP contribution in [0, 0.1) is 0 Å². The van der Waals surface area contributed by atoms with Crippen LogP contribution < -0.4 is 5.32 Å². The third kappa shape index (κ3) is 2.59. The number of carbonyl (C=O) groups excluding carboxylic acids is 1. The van der Waals surface area contributed by atoms with Gasteiger partial charge < -0.3 is 5.32 Å². The third-order valence-electron chi connectivity index (χ3n) is 2.41. The molecule has 0 bridgehead atoms. The van der Waals surface area contributed by atoms with Gasteiger partial charge in [0.2, 0.25) is 0 Å². The Morgan fingerprint density at radius 1 is 1.13 bits per heavy atom. The van der Waals surface area contributed by atoms with Crippen LogP contribution in [0.2, 0.25) is 0 Å². The van der Waals surface area contributed by atoms with Crippen molar-refractivity contribution < 1.29 is 4.79 Å². The molecule has 0 saturated carbocycles. The standard InChI is InChI=1S/C12H12INO/c13-12-10(7-4-8-11(12)15)14-9-5-2-1-3-6-9/h1-3,5-6,14H,4,7-8H2. The summed E-state index contributed by atoms with van der Waals surface area (Å²) in [5, 5.41) is 3.31. The van der Waals surface area contributed by atoms with Crippen molar-refractivity contribution in [1.29, 1.82) is 0 Å². The summed E-state index contributed by atoms with van der Waals surface area (Å²) >= 11 is 2.14. The lowest BCUT2D eigenvalue weighted by molar-refractivity contribution is -0.115. The molecule has 0 spiro atoms. The quantitative estimate of drug-likeness (QED) is 0.847. The number of anilines is 1. The van der Waals surface area contributed by atoms with Gasteiger partial charge in [-0.05, 0) is 47.6 Å². The number of Topliss-reactive ketones (excluding diaryl/α,β-unsaturated/α-hetero) is 1. The Kier molecular flexibility index (Phi) is 3.41. The van der Waals surface area contributed by atoms with Gasteiger partial charge in [-0.2, -0.15) is 0 Å². The van der Waals surface area contributed by atoms with E-state index in [1.165, 1.54) is 0 Å². The molecule has 2 rings (SSSR count). The topological polar surface area (TPSA) is 29.1 Å². The summed E-state index contributed by atoms with van der Waals surface area (Å²) in [6, 6.07) is 9.98. The van der Waals surface area contributed by atoms with E-state index in [2.05, 4.69) is 27.9 Å². The van der Waals surface area contributed by atoms with E-state index in [0.29, 0.717) is 6.42 Å². The van der Waals surface area contributed by atoms with Crippen molar-refractivity contribution in [2.75, 3.05) is 5.32 Å². The number of benzene rings is 1. The molecular formula is C12H12INO. The Labute approximate surface area is 103 Å². The zero-order valence-corrected chi connectivity index (χ0v) is 10.5. The summed E-state index contributed by atoms with van der Waals surface area (Å²) in [7, 11) is 0. The molecule has 0 aliphatic heterocycles. The zero-order valence-electron chi connectivity index (χ0n) is 8.29. The minimum Gasteiger partial charge on any atom is -0.358 e. The second kappa shape index (κ2) is 4.79. The van der Waals surface area contributed by atoms with Crippen LogP contribution >= 0.6 is 22.6 Å². The average Bonchev–Trinajstić information content (AvgIpc) is 2.26. The summed E-state index contributed by atoms with van der Waals surface area (Å²) in [5.41, 5.74) is 2.12. The van der Waals surface area contributed by atoms with Gasteiger partial charge in [0, 0.05) is 17.8 Å². The van der Waals surface area contributed by atoms with Crippen molar-refractivity contribution in [2.45, 2.75) is 19.3 Å². The molecule has 0 fully saturated rings. The maximum Gasteiger partial charge on any atom is 0.170 e. The Balaban J connectivity index is 2.18. The first kappa shape index (κ1) is 10.7. The summed E-state index contributed by atoms with van der Waals surface area (Å²) in [4.78, 5) is 11.5. The molecule has 0 heterocycles. The molecule has 78 valence electrons. The summed E-state index contributed by atoms with van der Waals surface area (Å²) in [6.45, 7) is 0. The number of hydrogen-bond donors (Lipinski definition) is 1. The van der Waals surface area contributed by atoms with Gasteiger partial charge in [-0.3, -0.25) is 4.79 Å². The van der Waals surface area contributed by atoms with Crippen LogP contribution in [0.1, 0.15) is 19.3 Å². The monoisotopic (exact) mass is 313 g/mol. The van der Waals surface area contributed by atoms with Crippen LogP contribution in [-0.4, -0.2) is 5.78 Å². The average molecular weight is 313 g/mol. The Morgan fingerprint density at radius 2 is 1.87 bits per heavy atom. The number of nitrogens with one attached hydrogen (secondary N) is 1. The number of hydrogen-bond acceptors (Lipinski definition) is 2. The van der Waals surface area contributed by atoms with Crippen molar-refractivity contribution in [3.63, 3.8) is 0 Å². The number of rotatable bonds is 2. The van der Waals surface area contributed by atoms with Crippen LogP contribution in [0.3, 0.4) is 0 Å². The van der Waals surface area contributed by atoms with Gasteiger partial charge in [-0.1, -0.05) is 18.2 Å². The molecule has 3 heteroatoms. The lowest BCUT2D eigenvalue weighted by atomic mass is 10.0. The predicted molar refractivity (Wildman–Crippen MR) is 70.0 cm³/mol. The van der Waals surface area contributed by atoms with Gasteiger partial charge in [-0.25, -0.2) is 0 Å². The smallest absolute Gasteiger partial charge is 0.170 e. The lowest BCUT2D eigenvalue weighted by Crippen LogP contribution is -2.12. The minimum absolute atomic E-state index is 0.264. The van der Waals surface area contributed by atoms with Crippen LogP contribution in [0.5, 0.6) is 0 Å². The molecule has 1 aliphatic carbocycles.